The van der Waals surface area contributed by atoms with E-state index in [-0.39, 0.29) is 22.6 Å². The monoisotopic (exact) mass is 291 g/mol. The molecule has 0 spiro atoms. The molecular weight excluding hydrogens is 280 g/mol. The molecule has 1 unspecified atom stereocenters. The van der Waals surface area contributed by atoms with Crippen LogP contribution in [0.5, 0.6) is 0 Å². The number of hydrogen-bond acceptors (Lipinski definition) is 2. The lowest BCUT2D eigenvalue weighted by Crippen LogP contribution is -2.46. The summed E-state index contributed by atoms with van der Waals surface area (Å²) >= 11 is 11.3. The van der Waals surface area contributed by atoms with Gasteiger partial charge in [-0.15, -0.1) is 11.6 Å². The van der Waals surface area contributed by atoms with Gasteiger partial charge in [-0.25, -0.2) is 4.39 Å². The van der Waals surface area contributed by atoms with Gasteiger partial charge in [-0.3, -0.25) is 4.79 Å². The first-order chi connectivity index (χ1) is 8.61. The molecule has 2 rings (SSSR count). The number of carbonyl (C=O) groups excluding carboxylic acids is 1. The van der Waals surface area contributed by atoms with Crippen molar-refractivity contribution in [2.75, 3.05) is 25.6 Å². The second-order valence-electron chi connectivity index (χ2n) is 4.02. The smallest absolute Gasteiger partial charge is 0.256 e. The summed E-state index contributed by atoms with van der Waals surface area (Å²) in [5, 5.41) is 0.268. The average Bonchev–Trinajstić information content (AvgIpc) is 2.38. The maximum absolute atomic E-state index is 13.6. The Hall–Kier alpha value is -0.840. The molecule has 1 aromatic rings. The third-order valence-corrected chi connectivity index (χ3v) is 3.34. The van der Waals surface area contributed by atoms with Gasteiger partial charge >= 0.3 is 0 Å². The maximum Gasteiger partial charge on any atom is 0.256 e. The van der Waals surface area contributed by atoms with Crippen LogP contribution in [0.1, 0.15) is 10.4 Å². The molecule has 1 saturated heterocycles. The molecule has 1 atom stereocenters. The van der Waals surface area contributed by atoms with E-state index in [0.29, 0.717) is 25.6 Å². The molecule has 0 aromatic heterocycles. The van der Waals surface area contributed by atoms with Crippen LogP contribution in [-0.2, 0) is 4.74 Å². The Labute approximate surface area is 114 Å². The number of hydrogen-bond donors (Lipinski definition) is 0. The fourth-order valence-electron chi connectivity index (χ4n) is 1.83. The lowest BCUT2D eigenvalue weighted by atomic mass is 10.1. The van der Waals surface area contributed by atoms with Gasteiger partial charge < -0.3 is 9.64 Å². The minimum atomic E-state index is -0.610. The predicted octanol–water partition coefficient (Wildman–Crippen LogP) is 2.56. The quantitative estimate of drug-likeness (QED) is 0.784. The van der Waals surface area contributed by atoms with Gasteiger partial charge in [0.15, 0.2) is 0 Å². The van der Waals surface area contributed by atoms with E-state index in [1.54, 1.807) is 4.90 Å². The van der Waals surface area contributed by atoms with Crippen LogP contribution in [0.2, 0.25) is 5.02 Å². The Kier molecular flexibility index (Phi) is 4.43. The zero-order chi connectivity index (χ0) is 13.1. The van der Waals surface area contributed by atoms with Gasteiger partial charge in [-0.2, -0.15) is 0 Å². The number of carbonyl (C=O) groups is 1. The summed E-state index contributed by atoms with van der Waals surface area (Å²) in [6.07, 6.45) is -0.195. The molecule has 0 radical (unpaired) electrons. The van der Waals surface area contributed by atoms with Crippen molar-refractivity contribution in [3.05, 3.63) is 34.6 Å². The highest BCUT2D eigenvalue weighted by Gasteiger charge is 2.26. The fourth-order valence-corrected chi connectivity index (χ4v) is 2.18. The minimum absolute atomic E-state index is 0.0228. The second kappa shape index (κ2) is 5.87. The summed E-state index contributed by atoms with van der Waals surface area (Å²) in [6.45, 7) is 1.23. The Morgan fingerprint density at radius 1 is 1.56 bits per heavy atom. The summed E-state index contributed by atoms with van der Waals surface area (Å²) in [5.41, 5.74) is 0.0228. The molecule has 1 aliphatic heterocycles. The Balaban J connectivity index is 2.15. The van der Waals surface area contributed by atoms with Crippen LogP contribution in [0.15, 0.2) is 18.2 Å². The SMILES string of the molecule is O=C(c1ccc(Cl)cc1F)N1CCOC(CCl)C1. The lowest BCUT2D eigenvalue weighted by Gasteiger charge is -2.32. The van der Waals surface area contributed by atoms with Crippen LogP contribution in [-0.4, -0.2) is 42.5 Å². The van der Waals surface area contributed by atoms with Crippen molar-refractivity contribution in [1.82, 2.24) is 4.90 Å². The molecule has 1 aromatic carbocycles. The number of ether oxygens (including phenoxy) is 1. The standard InChI is InChI=1S/C12H12Cl2FNO2/c13-6-9-7-16(3-4-18-9)12(17)10-2-1-8(14)5-11(10)15/h1-2,5,9H,3-4,6-7H2. The van der Waals surface area contributed by atoms with Gasteiger partial charge in [-0.1, -0.05) is 11.6 Å². The van der Waals surface area contributed by atoms with Crippen molar-refractivity contribution in [1.29, 1.82) is 0 Å². The van der Waals surface area contributed by atoms with Crippen LogP contribution in [0.3, 0.4) is 0 Å². The summed E-state index contributed by atoms with van der Waals surface area (Å²) in [7, 11) is 0. The second-order valence-corrected chi connectivity index (χ2v) is 4.77. The van der Waals surface area contributed by atoms with E-state index < -0.39 is 5.82 Å². The molecule has 0 bridgehead atoms. The Bertz CT molecular complexity index is 456. The maximum atomic E-state index is 13.6. The number of nitrogens with zero attached hydrogens (tertiary/aromatic N) is 1. The van der Waals surface area contributed by atoms with Crippen LogP contribution in [0, 0.1) is 5.82 Å². The highest BCUT2D eigenvalue weighted by Crippen LogP contribution is 2.18. The predicted molar refractivity (Wildman–Crippen MR) is 67.8 cm³/mol. The van der Waals surface area contributed by atoms with E-state index in [4.69, 9.17) is 27.9 Å². The van der Waals surface area contributed by atoms with Crippen molar-refractivity contribution in [3.63, 3.8) is 0 Å². The van der Waals surface area contributed by atoms with Crippen molar-refractivity contribution >= 4 is 29.1 Å². The summed E-state index contributed by atoms with van der Waals surface area (Å²) in [6, 6.07) is 4.02. The molecule has 1 aliphatic rings. The Morgan fingerprint density at radius 2 is 2.33 bits per heavy atom. The van der Waals surface area contributed by atoms with Gasteiger partial charge in [0.1, 0.15) is 5.82 Å². The van der Waals surface area contributed by atoms with Crippen LogP contribution in [0.4, 0.5) is 4.39 Å². The van der Waals surface area contributed by atoms with Crippen LogP contribution < -0.4 is 0 Å². The molecular formula is C12H12Cl2FNO2. The molecule has 1 heterocycles. The molecule has 98 valence electrons. The largest absolute Gasteiger partial charge is 0.373 e. The molecule has 1 amide bonds. The average molecular weight is 292 g/mol. The van der Waals surface area contributed by atoms with Crippen LogP contribution >= 0.6 is 23.2 Å². The van der Waals surface area contributed by atoms with Crippen molar-refractivity contribution < 1.29 is 13.9 Å². The minimum Gasteiger partial charge on any atom is -0.373 e. The summed E-state index contributed by atoms with van der Waals surface area (Å²) < 4.78 is 19.0. The highest BCUT2D eigenvalue weighted by molar-refractivity contribution is 6.30. The van der Waals surface area contributed by atoms with E-state index >= 15 is 0 Å². The summed E-state index contributed by atoms with van der Waals surface area (Å²) in [4.78, 5) is 13.7. The van der Waals surface area contributed by atoms with Gasteiger partial charge in [0.05, 0.1) is 24.2 Å². The number of alkyl halides is 1. The molecule has 6 heteroatoms. The van der Waals surface area contributed by atoms with E-state index in [1.165, 1.54) is 12.1 Å². The number of morpholine rings is 1. The number of rotatable bonds is 2. The number of benzene rings is 1. The van der Waals surface area contributed by atoms with E-state index in [0.717, 1.165) is 6.07 Å². The molecule has 18 heavy (non-hydrogen) atoms. The number of halogens is 3. The van der Waals surface area contributed by atoms with Crippen LogP contribution in [0.25, 0.3) is 0 Å². The molecule has 0 N–H and O–H groups in total. The third kappa shape index (κ3) is 2.94. The van der Waals surface area contributed by atoms with E-state index in [9.17, 15) is 9.18 Å². The van der Waals surface area contributed by atoms with E-state index in [1.807, 2.05) is 0 Å². The van der Waals surface area contributed by atoms with Gasteiger partial charge in [0.25, 0.3) is 5.91 Å². The molecule has 1 fully saturated rings. The molecule has 0 saturated carbocycles. The zero-order valence-electron chi connectivity index (χ0n) is 9.54. The van der Waals surface area contributed by atoms with E-state index in [2.05, 4.69) is 0 Å². The first-order valence-corrected chi connectivity index (χ1v) is 6.45. The topological polar surface area (TPSA) is 29.5 Å². The number of amides is 1. The first-order valence-electron chi connectivity index (χ1n) is 5.53. The fraction of sp³-hybridized carbons (Fsp3) is 0.417. The molecule has 0 aliphatic carbocycles. The van der Waals surface area contributed by atoms with Crippen molar-refractivity contribution in [2.24, 2.45) is 0 Å². The van der Waals surface area contributed by atoms with Crippen molar-refractivity contribution in [3.8, 4) is 0 Å². The highest BCUT2D eigenvalue weighted by atomic mass is 35.5. The molecule has 3 nitrogen and oxygen atoms in total. The Morgan fingerprint density at radius 3 is 3.00 bits per heavy atom. The van der Waals surface area contributed by atoms with Gasteiger partial charge in [-0.05, 0) is 18.2 Å². The third-order valence-electron chi connectivity index (χ3n) is 2.76. The first kappa shape index (κ1) is 13.6. The lowest BCUT2D eigenvalue weighted by molar-refractivity contribution is -0.0109. The summed E-state index contributed by atoms with van der Waals surface area (Å²) in [5.74, 6) is -0.656. The zero-order valence-corrected chi connectivity index (χ0v) is 11.0. The normalized spacial score (nSPS) is 19.9. The van der Waals surface area contributed by atoms with Gasteiger partial charge in [0.2, 0.25) is 0 Å². The van der Waals surface area contributed by atoms with Crippen molar-refractivity contribution in [2.45, 2.75) is 6.10 Å². The van der Waals surface area contributed by atoms with Gasteiger partial charge in [0, 0.05) is 18.1 Å².